The van der Waals surface area contributed by atoms with Gasteiger partial charge < -0.3 is 4.55 Å². The smallest absolute Gasteiger partial charge is 0.290 e. The summed E-state index contributed by atoms with van der Waals surface area (Å²) in [6.45, 7) is 0. The van der Waals surface area contributed by atoms with Gasteiger partial charge in [0.25, 0.3) is 5.69 Å². The summed E-state index contributed by atoms with van der Waals surface area (Å²) in [6.07, 6.45) is 0. The van der Waals surface area contributed by atoms with Crippen molar-refractivity contribution in [2.45, 2.75) is 4.90 Å². The maximum absolute atomic E-state index is 10.7. The third-order valence-corrected chi connectivity index (χ3v) is 2.28. The number of hydrogen-bond acceptors (Lipinski definition) is 6. The first kappa shape index (κ1) is 11.5. The van der Waals surface area contributed by atoms with Crippen LogP contribution in [-0.2, 0) is 11.1 Å². The van der Waals surface area contributed by atoms with Crippen molar-refractivity contribution in [1.82, 2.24) is 0 Å². The Hall–Kier alpha value is -1.55. The zero-order valence-electron chi connectivity index (χ0n) is 7.10. The predicted octanol–water partition coefficient (Wildman–Crippen LogP) is 0.760. The number of nitro benzene ring substituents is 1. The van der Waals surface area contributed by atoms with Crippen molar-refractivity contribution in [2.75, 3.05) is 5.23 Å². The van der Waals surface area contributed by atoms with Crippen LogP contribution in [0, 0.1) is 10.1 Å². The van der Waals surface area contributed by atoms with Crippen LogP contribution in [0.4, 0.5) is 11.4 Å². The van der Waals surface area contributed by atoms with Gasteiger partial charge in [-0.15, -0.1) is 5.23 Å². The number of nitro groups is 1. The van der Waals surface area contributed by atoms with Crippen LogP contribution >= 0.6 is 0 Å². The molecule has 9 heteroatoms. The van der Waals surface area contributed by atoms with Gasteiger partial charge in [0.15, 0.2) is 11.1 Å². The van der Waals surface area contributed by atoms with Crippen LogP contribution in [0.15, 0.2) is 23.1 Å². The van der Waals surface area contributed by atoms with E-state index in [1.165, 1.54) is 0 Å². The van der Waals surface area contributed by atoms with Gasteiger partial charge in [0.05, 0.1) is 4.92 Å². The minimum Gasteiger partial charge on any atom is -0.302 e. The standard InChI is InChI=1S/C6H6N2O6S/c9-7(10)4-1-2-6(15(13)14)5(3-4)8(11)12/h1-3,9-10H,(H,13,14). The molecule has 0 radical (unpaired) electrons. The zero-order chi connectivity index (χ0) is 11.6. The average Bonchev–Trinajstić information content (AvgIpc) is 2.16. The Morgan fingerprint density at radius 2 is 2.00 bits per heavy atom. The molecule has 0 aromatic heterocycles. The van der Waals surface area contributed by atoms with Gasteiger partial charge in [-0.25, -0.2) is 4.21 Å². The molecule has 0 saturated heterocycles. The van der Waals surface area contributed by atoms with Gasteiger partial charge in [0.1, 0.15) is 10.6 Å². The number of rotatable bonds is 3. The van der Waals surface area contributed by atoms with E-state index < -0.39 is 26.6 Å². The minimum absolute atomic E-state index is 0.282. The summed E-state index contributed by atoms with van der Waals surface area (Å²) in [7, 11) is 0. The van der Waals surface area contributed by atoms with Crippen molar-refractivity contribution in [1.29, 1.82) is 0 Å². The molecule has 1 unspecified atom stereocenters. The van der Waals surface area contributed by atoms with Crippen molar-refractivity contribution >= 4 is 22.5 Å². The molecule has 15 heavy (non-hydrogen) atoms. The average molecular weight is 234 g/mol. The van der Waals surface area contributed by atoms with Crippen molar-refractivity contribution in [2.24, 2.45) is 0 Å². The summed E-state index contributed by atoms with van der Waals surface area (Å²) in [5.74, 6) is 0. The third-order valence-electron chi connectivity index (χ3n) is 1.56. The molecule has 1 atom stereocenters. The van der Waals surface area contributed by atoms with E-state index in [1.807, 2.05) is 0 Å². The Bertz CT molecular complexity index is 420. The Balaban J connectivity index is 3.33. The highest BCUT2D eigenvalue weighted by atomic mass is 32.2. The highest BCUT2D eigenvalue weighted by molar-refractivity contribution is 7.79. The topological polar surface area (TPSA) is 124 Å². The lowest BCUT2D eigenvalue weighted by molar-refractivity contribution is -0.387. The van der Waals surface area contributed by atoms with Crippen LogP contribution in [-0.4, -0.2) is 24.1 Å². The van der Waals surface area contributed by atoms with Gasteiger partial charge in [-0.05, 0) is 12.1 Å². The number of anilines is 1. The van der Waals surface area contributed by atoms with Gasteiger partial charge in [0, 0.05) is 6.07 Å². The fourth-order valence-corrected chi connectivity index (χ4v) is 1.42. The third kappa shape index (κ3) is 2.47. The first-order valence-electron chi connectivity index (χ1n) is 3.50. The van der Waals surface area contributed by atoms with E-state index >= 15 is 0 Å². The monoisotopic (exact) mass is 234 g/mol. The SMILES string of the molecule is O=[N+]([O-])c1cc(N(O)O)ccc1S(=O)O. The Morgan fingerprint density at radius 3 is 2.40 bits per heavy atom. The van der Waals surface area contributed by atoms with Crippen molar-refractivity contribution in [3.63, 3.8) is 0 Å². The maximum Gasteiger partial charge on any atom is 0.290 e. The molecule has 0 amide bonds. The van der Waals surface area contributed by atoms with E-state index in [2.05, 4.69) is 0 Å². The van der Waals surface area contributed by atoms with Crippen molar-refractivity contribution < 1.29 is 24.1 Å². The van der Waals surface area contributed by atoms with Crippen LogP contribution in [0.1, 0.15) is 0 Å². The van der Waals surface area contributed by atoms with E-state index in [1.54, 1.807) is 0 Å². The van der Waals surface area contributed by atoms with Crippen LogP contribution in [0.2, 0.25) is 0 Å². The van der Waals surface area contributed by atoms with Gasteiger partial charge in [-0.3, -0.25) is 20.5 Å². The van der Waals surface area contributed by atoms with Crippen molar-refractivity contribution in [3.05, 3.63) is 28.3 Å². The summed E-state index contributed by atoms with van der Waals surface area (Å²) >= 11 is -2.51. The second kappa shape index (κ2) is 4.31. The molecular formula is C6H6N2O6S. The molecule has 0 aliphatic carbocycles. The molecule has 0 fully saturated rings. The summed E-state index contributed by atoms with van der Waals surface area (Å²) in [6, 6.07) is 2.78. The lowest BCUT2D eigenvalue weighted by atomic mass is 10.3. The van der Waals surface area contributed by atoms with Gasteiger partial charge >= 0.3 is 0 Å². The van der Waals surface area contributed by atoms with E-state index in [0.29, 0.717) is 0 Å². The Morgan fingerprint density at radius 1 is 1.40 bits per heavy atom. The molecule has 1 aromatic rings. The molecular weight excluding hydrogens is 228 g/mol. The lowest BCUT2D eigenvalue weighted by Gasteiger charge is -2.07. The van der Waals surface area contributed by atoms with E-state index in [0.717, 1.165) is 18.2 Å². The van der Waals surface area contributed by atoms with Crippen LogP contribution in [0.25, 0.3) is 0 Å². The number of nitrogens with zero attached hydrogens (tertiary/aromatic N) is 2. The molecule has 0 heterocycles. The number of hydrogen-bond donors (Lipinski definition) is 3. The van der Waals surface area contributed by atoms with E-state index in [9.17, 15) is 14.3 Å². The lowest BCUT2D eigenvalue weighted by Crippen LogP contribution is -2.11. The molecule has 3 N–H and O–H groups in total. The Labute approximate surface area is 85.7 Å². The van der Waals surface area contributed by atoms with Gasteiger partial charge in [-0.1, -0.05) is 0 Å². The fourth-order valence-electron chi connectivity index (χ4n) is 0.921. The Kier molecular flexibility index (Phi) is 3.31. The van der Waals surface area contributed by atoms with Gasteiger partial charge in [-0.2, -0.15) is 0 Å². The normalized spacial score (nSPS) is 12.2. The molecule has 0 spiro atoms. The van der Waals surface area contributed by atoms with Crippen molar-refractivity contribution in [3.8, 4) is 0 Å². The second-order valence-corrected chi connectivity index (χ2v) is 3.39. The molecule has 1 aromatic carbocycles. The fraction of sp³-hybridized carbons (Fsp3) is 0. The molecule has 82 valence electrons. The quantitative estimate of drug-likeness (QED) is 0.400. The first-order valence-corrected chi connectivity index (χ1v) is 4.61. The van der Waals surface area contributed by atoms with Gasteiger partial charge in [0.2, 0.25) is 0 Å². The zero-order valence-corrected chi connectivity index (χ0v) is 7.92. The highest BCUT2D eigenvalue weighted by Crippen LogP contribution is 2.26. The molecule has 1 rings (SSSR count). The summed E-state index contributed by atoms with van der Waals surface area (Å²) < 4.78 is 19.4. The minimum atomic E-state index is -2.51. The molecule has 0 bridgehead atoms. The second-order valence-electron chi connectivity index (χ2n) is 2.45. The van der Waals surface area contributed by atoms with Crippen LogP contribution in [0.5, 0.6) is 0 Å². The van der Waals surface area contributed by atoms with E-state index in [4.69, 9.17) is 15.0 Å². The largest absolute Gasteiger partial charge is 0.302 e. The maximum atomic E-state index is 10.7. The molecule has 8 nitrogen and oxygen atoms in total. The summed E-state index contributed by atoms with van der Waals surface area (Å²) in [5.41, 5.74) is -0.947. The molecule has 0 saturated carbocycles. The number of benzene rings is 1. The van der Waals surface area contributed by atoms with E-state index in [-0.39, 0.29) is 10.9 Å². The van der Waals surface area contributed by atoms with Crippen LogP contribution in [0.3, 0.4) is 0 Å². The predicted molar refractivity (Wildman–Crippen MR) is 48.2 cm³/mol. The summed E-state index contributed by atoms with van der Waals surface area (Å²) in [5, 5.41) is 27.3. The molecule has 0 aliphatic heterocycles. The first-order chi connectivity index (χ1) is 6.93. The van der Waals surface area contributed by atoms with Crippen LogP contribution < -0.4 is 5.23 Å². The highest BCUT2D eigenvalue weighted by Gasteiger charge is 2.19. The molecule has 0 aliphatic rings. The summed E-state index contributed by atoms with van der Waals surface area (Å²) in [4.78, 5) is 9.18.